The molecule has 0 aliphatic heterocycles. The second kappa shape index (κ2) is 6.30. The van der Waals surface area contributed by atoms with E-state index in [2.05, 4.69) is 15.5 Å². The molecule has 23 heavy (non-hydrogen) atoms. The van der Waals surface area contributed by atoms with Gasteiger partial charge in [0.2, 0.25) is 0 Å². The van der Waals surface area contributed by atoms with Crippen molar-refractivity contribution in [2.45, 2.75) is 0 Å². The fourth-order valence-electron chi connectivity index (χ4n) is 2.10. The summed E-state index contributed by atoms with van der Waals surface area (Å²) in [6.45, 7) is 0. The first-order valence-corrected chi connectivity index (χ1v) is 6.78. The average Bonchev–Trinajstić information content (AvgIpc) is 2.56. The van der Waals surface area contributed by atoms with E-state index in [0.29, 0.717) is 5.82 Å². The Morgan fingerprint density at radius 3 is 2.70 bits per heavy atom. The van der Waals surface area contributed by atoms with Crippen molar-refractivity contribution in [3.63, 3.8) is 0 Å². The maximum absolute atomic E-state index is 11.9. The van der Waals surface area contributed by atoms with Crippen LogP contribution in [0.5, 0.6) is 5.75 Å². The third-order valence-corrected chi connectivity index (χ3v) is 3.22. The molecule has 3 aromatic rings. The Kier molecular flexibility index (Phi) is 4.05. The summed E-state index contributed by atoms with van der Waals surface area (Å²) < 4.78 is 0. The van der Waals surface area contributed by atoms with Gasteiger partial charge in [0.05, 0.1) is 17.4 Å². The highest BCUT2D eigenvalue weighted by Gasteiger charge is 2.02. The molecule has 0 bridgehead atoms. The molecule has 0 aliphatic rings. The molecule has 0 unspecified atom stereocenters. The fraction of sp³-hybridized carbons (Fsp3) is 0. The molecular formula is C16H13N4O3-. The van der Waals surface area contributed by atoms with Crippen LogP contribution in [0, 0.1) is 0 Å². The Labute approximate surface area is 131 Å². The number of nitrogens with zero attached hydrogens (tertiary/aromatic N) is 3. The van der Waals surface area contributed by atoms with E-state index in [9.17, 15) is 5.11 Å². The zero-order chi connectivity index (χ0) is 16.2. The van der Waals surface area contributed by atoms with Gasteiger partial charge >= 0.3 is 0 Å². The van der Waals surface area contributed by atoms with Gasteiger partial charge in [-0.1, -0.05) is 36.1 Å². The number of nitrogens with one attached hydrogen (secondary N) is 1. The minimum absolute atomic E-state index is 0.210. The van der Waals surface area contributed by atoms with Gasteiger partial charge in [-0.25, -0.2) is 4.98 Å². The number of fused-ring (bicyclic) bond motifs is 1. The van der Waals surface area contributed by atoms with Gasteiger partial charge in [0, 0.05) is 5.39 Å². The van der Waals surface area contributed by atoms with Crippen molar-refractivity contribution in [2.75, 3.05) is 10.7 Å². The topological polar surface area (TPSA) is 104 Å². The number of hydrogen-bond acceptors (Lipinski definition) is 7. The molecule has 1 aromatic heterocycles. The third kappa shape index (κ3) is 3.20. The van der Waals surface area contributed by atoms with Crippen LogP contribution in [0.2, 0.25) is 0 Å². The van der Waals surface area contributed by atoms with Crippen LogP contribution in [0.15, 0.2) is 59.7 Å². The van der Waals surface area contributed by atoms with Crippen LogP contribution in [0.3, 0.4) is 0 Å². The molecule has 7 heteroatoms. The molecule has 2 aromatic carbocycles. The molecule has 0 aliphatic carbocycles. The first-order chi connectivity index (χ1) is 11.1. The monoisotopic (exact) mass is 309 g/mol. The van der Waals surface area contributed by atoms with Crippen LogP contribution in [0.1, 0.15) is 5.56 Å². The second-order valence-corrected chi connectivity index (χ2v) is 4.74. The van der Waals surface area contributed by atoms with Crippen LogP contribution < -0.4 is 15.8 Å². The van der Waals surface area contributed by atoms with Gasteiger partial charge in [0.1, 0.15) is 5.82 Å². The largest absolute Gasteiger partial charge is 0.870 e. The number of hydrazone groups is 1. The van der Waals surface area contributed by atoms with E-state index < -0.39 is 5.75 Å². The Morgan fingerprint density at radius 2 is 1.87 bits per heavy atom. The normalized spacial score (nSPS) is 11.0. The minimum Gasteiger partial charge on any atom is -0.870 e. The van der Waals surface area contributed by atoms with E-state index in [4.69, 9.17) is 10.4 Å². The van der Waals surface area contributed by atoms with E-state index in [-0.39, 0.29) is 16.5 Å². The standard InChI is InChI=1S/C16H14N4O3/c21-16-12(5-3-7-14(16)20(22)23)10-17-19-15-9-8-11-4-1-2-6-13(11)18-15/h1-10,21-23H,(H,18,19)/p-1/b17-10+. The Hall–Kier alpha value is -3.16. The molecule has 0 saturated carbocycles. The minimum atomic E-state index is -0.547. The quantitative estimate of drug-likeness (QED) is 0.505. The van der Waals surface area contributed by atoms with E-state index >= 15 is 0 Å². The Bertz CT molecular complexity index is 865. The van der Waals surface area contributed by atoms with Crippen molar-refractivity contribution in [1.29, 1.82) is 0 Å². The molecule has 116 valence electrons. The van der Waals surface area contributed by atoms with Crippen LogP contribution in [-0.4, -0.2) is 21.6 Å². The highest BCUT2D eigenvalue weighted by atomic mass is 16.8. The molecule has 0 radical (unpaired) electrons. The van der Waals surface area contributed by atoms with Gasteiger partial charge < -0.3 is 5.11 Å². The number of pyridine rings is 1. The number of aromatic nitrogens is 1. The van der Waals surface area contributed by atoms with Crippen molar-refractivity contribution < 1.29 is 15.5 Å². The SMILES string of the molecule is [O-]c1c(/C=N/Nc2ccc3ccccc3n2)cccc1N(O)O. The lowest BCUT2D eigenvalue weighted by Gasteiger charge is -2.18. The molecular weight excluding hydrogens is 296 g/mol. The summed E-state index contributed by atoms with van der Waals surface area (Å²) in [5, 5.41) is 34.6. The zero-order valence-corrected chi connectivity index (χ0v) is 11.9. The highest BCUT2D eigenvalue weighted by Crippen LogP contribution is 2.25. The van der Waals surface area contributed by atoms with E-state index in [1.807, 2.05) is 30.3 Å². The maximum Gasteiger partial charge on any atom is 0.146 e. The van der Waals surface area contributed by atoms with E-state index in [1.165, 1.54) is 24.4 Å². The fourth-order valence-corrected chi connectivity index (χ4v) is 2.10. The lowest BCUT2D eigenvalue weighted by Crippen LogP contribution is -2.14. The molecule has 3 rings (SSSR count). The van der Waals surface area contributed by atoms with Gasteiger partial charge in [-0.15, -0.1) is 5.23 Å². The van der Waals surface area contributed by atoms with E-state index in [0.717, 1.165) is 10.9 Å². The summed E-state index contributed by atoms with van der Waals surface area (Å²) in [5.41, 5.74) is 3.53. The Balaban J connectivity index is 1.79. The zero-order valence-electron chi connectivity index (χ0n) is 11.9. The van der Waals surface area contributed by atoms with Crippen LogP contribution >= 0.6 is 0 Å². The molecule has 0 saturated heterocycles. The van der Waals surface area contributed by atoms with Gasteiger partial charge in [-0.3, -0.25) is 15.8 Å². The summed E-state index contributed by atoms with van der Waals surface area (Å²) >= 11 is 0. The van der Waals surface area contributed by atoms with E-state index in [1.54, 1.807) is 6.07 Å². The number of anilines is 2. The van der Waals surface area contributed by atoms with Crippen molar-refractivity contribution >= 4 is 28.6 Å². The van der Waals surface area contributed by atoms with Crippen LogP contribution in [0.25, 0.3) is 10.9 Å². The first-order valence-electron chi connectivity index (χ1n) is 6.78. The third-order valence-electron chi connectivity index (χ3n) is 3.22. The Morgan fingerprint density at radius 1 is 1.04 bits per heavy atom. The molecule has 0 amide bonds. The van der Waals surface area contributed by atoms with Crippen molar-refractivity contribution in [2.24, 2.45) is 5.10 Å². The summed E-state index contributed by atoms with van der Waals surface area (Å²) in [5.74, 6) is -0.0102. The number of rotatable bonds is 4. The van der Waals surface area contributed by atoms with Gasteiger partial charge in [0.25, 0.3) is 0 Å². The van der Waals surface area contributed by atoms with Gasteiger partial charge in [0.15, 0.2) is 0 Å². The van der Waals surface area contributed by atoms with Gasteiger partial charge in [-0.2, -0.15) is 5.10 Å². The second-order valence-electron chi connectivity index (χ2n) is 4.74. The summed E-state index contributed by atoms with van der Waals surface area (Å²) in [4.78, 5) is 4.38. The summed E-state index contributed by atoms with van der Waals surface area (Å²) in [7, 11) is 0. The summed E-state index contributed by atoms with van der Waals surface area (Å²) in [6, 6.07) is 15.7. The molecule has 3 N–H and O–H groups in total. The molecule has 0 fully saturated rings. The van der Waals surface area contributed by atoms with Crippen molar-refractivity contribution in [3.8, 4) is 5.75 Å². The molecule has 7 nitrogen and oxygen atoms in total. The van der Waals surface area contributed by atoms with Crippen molar-refractivity contribution in [3.05, 3.63) is 60.2 Å². The van der Waals surface area contributed by atoms with Crippen LogP contribution in [0.4, 0.5) is 11.5 Å². The maximum atomic E-state index is 11.9. The predicted octanol–water partition coefficient (Wildman–Crippen LogP) is 2.34. The van der Waals surface area contributed by atoms with Gasteiger partial charge in [-0.05, 0) is 29.8 Å². The lowest BCUT2D eigenvalue weighted by atomic mass is 10.2. The number of benzene rings is 2. The highest BCUT2D eigenvalue weighted by molar-refractivity contribution is 5.87. The number of para-hydroxylation sites is 2. The molecule has 0 spiro atoms. The van der Waals surface area contributed by atoms with Crippen LogP contribution in [-0.2, 0) is 0 Å². The predicted molar refractivity (Wildman–Crippen MR) is 84.9 cm³/mol. The first kappa shape index (κ1) is 14.8. The number of hydrogen-bond donors (Lipinski definition) is 3. The summed E-state index contributed by atoms with van der Waals surface area (Å²) in [6.07, 6.45) is 1.30. The van der Waals surface area contributed by atoms with Crippen molar-refractivity contribution in [1.82, 2.24) is 4.98 Å². The smallest absolute Gasteiger partial charge is 0.146 e. The molecule has 0 atom stereocenters. The average molecular weight is 309 g/mol. The lowest BCUT2D eigenvalue weighted by molar-refractivity contribution is -0.268. The molecule has 1 heterocycles.